The first-order valence-electron chi connectivity index (χ1n) is 6.11. The van der Waals surface area contributed by atoms with Gasteiger partial charge in [-0.15, -0.1) is 0 Å². The molecule has 0 radical (unpaired) electrons. The fourth-order valence-electron chi connectivity index (χ4n) is 2.50. The Morgan fingerprint density at radius 3 is 2.58 bits per heavy atom. The molecule has 96 valence electrons. The molecule has 2 aromatic carbocycles. The van der Waals surface area contributed by atoms with Crippen molar-refractivity contribution in [2.75, 3.05) is 0 Å². The van der Waals surface area contributed by atoms with Crippen molar-refractivity contribution in [3.8, 4) is 5.69 Å². The Labute approximate surface area is 119 Å². The van der Waals surface area contributed by atoms with E-state index in [9.17, 15) is 4.39 Å². The maximum absolute atomic E-state index is 14.1. The number of para-hydroxylation sites is 1. The van der Waals surface area contributed by atoms with Crippen LogP contribution in [0, 0.1) is 19.7 Å². The van der Waals surface area contributed by atoms with Crippen molar-refractivity contribution in [1.29, 1.82) is 0 Å². The van der Waals surface area contributed by atoms with E-state index in [1.165, 1.54) is 17.0 Å². The van der Waals surface area contributed by atoms with Crippen molar-refractivity contribution in [1.82, 2.24) is 4.57 Å². The second-order valence-corrected chi connectivity index (χ2v) is 5.57. The summed E-state index contributed by atoms with van der Waals surface area (Å²) in [6.45, 7) is 4.10. The maximum Gasteiger partial charge on any atom is 0.147 e. The molecule has 1 aromatic heterocycles. The minimum atomic E-state index is -0.216. The van der Waals surface area contributed by atoms with Crippen molar-refractivity contribution in [3.05, 3.63) is 64.0 Å². The zero-order valence-electron chi connectivity index (χ0n) is 10.7. The molecule has 19 heavy (non-hydrogen) atoms. The molecule has 0 aliphatic heterocycles. The van der Waals surface area contributed by atoms with E-state index in [0.717, 1.165) is 15.7 Å². The molecule has 1 heterocycles. The number of hydrogen-bond acceptors (Lipinski definition) is 0. The molecule has 3 heteroatoms. The summed E-state index contributed by atoms with van der Waals surface area (Å²) in [5, 5.41) is 1.17. The Morgan fingerprint density at radius 2 is 1.79 bits per heavy atom. The highest BCUT2D eigenvalue weighted by Gasteiger charge is 2.14. The van der Waals surface area contributed by atoms with Gasteiger partial charge in [0.2, 0.25) is 0 Å². The van der Waals surface area contributed by atoms with Crippen LogP contribution in [0.3, 0.4) is 0 Å². The Kier molecular flexibility index (Phi) is 2.94. The van der Waals surface area contributed by atoms with Crippen molar-refractivity contribution in [2.24, 2.45) is 0 Å². The van der Waals surface area contributed by atoms with Gasteiger partial charge in [-0.05, 0) is 43.7 Å². The third-order valence-corrected chi connectivity index (χ3v) is 4.07. The zero-order chi connectivity index (χ0) is 13.6. The Morgan fingerprint density at radius 1 is 1.05 bits per heavy atom. The van der Waals surface area contributed by atoms with Gasteiger partial charge in [0.1, 0.15) is 5.82 Å². The van der Waals surface area contributed by atoms with Crippen LogP contribution in [0.1, 0.15) is 11.3 Å². The van der Waals surface area contributed by atoms with Crippen molar-refractivity contribution < 1.29 is 4.39 Å². The largest absolute Gasteiger partial charge is 0.311 e. The van der Waals surface area contributed by atoms with E-state index < -0.39 is 0 Å². The predicted octanol–water partition coefficient (Wildman–Crippen LogP) is 5.15. The van der Waals surface area contributed by atoms with Gasteiger partial charge in [0.25, 0.3) is 0 Å². The molecule has 3 aromatic rings. The van der Waals surface area contributed by atoms with E-state index in [0.29, 0.717) is 5.69 Å². The summed E-state index contributed by atoms with van der Waals surface area (Å²) in [5.74, 6) is -0.216. The molecule has 0 spiro atoms. The first-order chi connectivity index (χ1) is 9.09. The highest BCUT2D eigenvalue weighted by molar-refractivity contribution is 9.10. The minimum absolute atomic E-state index is 0.216. The van der Waals surface area contributed by atoms with E-state index in [1.54, 1.807) is 6.07 Å². The number of halogens is 2. The van der Waals surface area contributed by atoms with Gasteiger partial charge in [-0.1, -0.05) is 34.1 Å². The van der Waals surface area contributed by atoms with E-state index >= 15 is 0 Å². The first-order valence-corrected chi connectivity index (χ1v) is 6.91. The molecule has 0 saturated carbocycles. The molecule has 0 unspecified atom stereocenters. The number of benzene rings is 2. The molecule has 0 saturated heterocycles. The quantitative estimate of drug-likeness (QED) is 0.585. The number of rotatable bonds is 1. The van der Waals surface area contributed by atoms with E-state index in [4.69, 9.17) is 0 Å². The second-order valence-electron chi connectivity index (χ2n) is 4.66. The third kappa shape index (κ3) is 1.89. The average molecular weight is 318 g/mol. The lowest BCUT2D eigenvalue weighted by Gasteiger charge is -2.10. The van der Waals surface area contributed by atoms with Gasteiger partial charge in [-0.2, -0.15) is 0 Å². The smallest absolute Gasteiger partial charge is 0.147 e. The van der Waals surface area contributed by atoms with Crippen LogP contribution in [0.25, 0.3) is 16.6 Å². The number of fused-ring (bicyclic) bond motifs is 1. The summed E-state index contributed by atoms with van der Waals surface area (Å²) in [5.41, 5.74) is 3.87. The molecule has 1 nitrogen and oxygen atoms in total. The summed E-state index contributed by atoms with van der Waals surface area (Å²) in [7, 11) is 0. The standard InChI is InChI=1S/C16H13BrFN/c1-10-11(2)19(15-6-4-3-5-13(10)15)16-9-12(17)7-8-14(16)18/h3-9H,1-2H3. The van der Waals surface area contributed by atoms with Gasteiger partial charge >= 0.3 is 0 Å². The highest BCUT2D eigenvalue weighted by atomic mass is 79.9. The van der Waals surface area contributed by atoms with Crippen LogP contribution in [-0.2, 0) is 0 Å². The molecule has 0 amide bonds. The third-order valence-electron chi connectivity index (χ3n) is 3.58. The lowest BCUT2D eigenvalue weighted by Crippen LogP contribution is -2.00. The Bertz CT molecular complexity index is 774. The fourth-order valence-corrected chi connectivity index (χ4v) is 2.85. The van der Waals surface area contributed by atoms with Crippen LogP contribution in [0.5, 0.6) is 0 Å². The van der Waals surface area contributed by atoms with Crippen LogP contribution in [0.15, 0.2) is 46.9 Å². The Hall–Kier alpha value is -1.61. The van der Waals surface area contributed by atoms with Gasteiger partial charge in [-0.3, -0.25) is 0 Å². The molecule has 0 aliphatic rings. The molecule has 0 atom stereocenters. The topological polar surface area (TPSA) is 4.93 Å². The molecule has 0 bridgehead atoms. The van der Waals surface area contributed by atoms with Crippen molar-refractivity contribution in [3.63, 3.8) is 0 Å². The predicted molar refractivity (Wildman–Crippen MR) is 80.4 cm³/mol. The summed E-state index contributed by atoms with van der Waals surface area (Å²) in [4.78, 5) is 0. The molecular formula is C16H13BrFN. The minimum Gasteiger partial charge on any atom is -0.311 e. The second kappa shape index (κ2) is 4.49. The average Bonchev–Trinajstić information content (AvgIpc) is 2.66. The van der Waals surface area contributed by atoms with Crippen LogP contribution < -0.4 is 0 Å². The maximum atomic E-state index is 14.1. The van der Waals surface area contributed by atoms with Crippen molar-refractivity contribution in [2.45, 2.75) is 13.8 Å². The molecule has 0 N–H and O–H groups in total. The summed E-state index contributed by atoms with van der Waals surface area (Å²) in [6, 6.07) is 13.1. The van der Waals surface area contributed by atoms with E-state index in [1.807, 2.05) is 35.8 Å². The monoisotopic (exact) mass is 317 g/mol. The Balaban J connectivity index is 2.43. The highest BCUT2D eigenvalue weighted by Crippen LogP contribution is 2.30. The van der Waals surface area contributed by atoms with Crippen LogP contribution in [0.2, 0.25) is 0 Å². The van der Waals surface area contributed by atoms with Gasteiger partial charge in [0, 0.05) is 15.6 Å². The lowest BCUT2D eigenvalue weighted by molar-refractivity contribution is 0.618. The SMILES string of the molecule is Cc1c(C)n(-c2cc(Br)ccc2F)c2ccccc12. The molecule has 0 fully saturated rings. The van der Waals surface area contributed by atoms with E-state index in [-0.39, 0.29) is 5.82 Å². The summed E-state index contributed by atoms with van der Waals surface area (Å²) < 4.78 is 17.0. The number of aromatic nitrogens is 1. The molecular weight excluding hydrogens is 305 g/mol. The lowest BCUT2D eigenvalue weighted by atomic mass is 10.2. The number of aryl methyl sites for hydroxylation is 1. The van der Waals surface area contributed by atoms with Crippen molar-refractivity contribution >= 4 is 26.8 Å². The normalized spacial score (nSPS) is 11.2. The van der Waals surface area contributed by atoms with E-state index in [2.05, 4.69) is 28.9 Å². The van der Waals surface area contributed by atoms with Gasteiger partial charge in [0.15, 0.2) is 0 Å². The molecule has 3 rings (SSSR count). The summed E-state index contributed by atoms with van der Waals surface area (Å²) >= 11 is 3.41. The fraction of sp³-hybridized carbons (Fsp3) is 0.125. The van der Waals surface area contributed by atoms with Gasteiger partial charge in [0.05, 0.1) is 11.2 Å². The van der Waals surface area contributed by atoms with Crippen LogP contribution >= 0.6 is 15.9 Å². The van der Waals surface area contributed by atoms with Crippen LogP contribution in [0.4, 0.5) is 4.39 Å². The summed E-state index contributed by atoms with van der Waals surface area (Å²) in [6.07, 6.45) is 0. The number of hydrogen-bond donors (Lipinski definition) is 0. The van der Waals surface area contributed by atoms with Gasteiger partial charge in [-0.25, -0.2) is 4.39 Å². The molecule has 0 aliphatic carbocycles. The van der Waals surface area contributed by atoms with Crippen LogP contribution in [-0.4, -0.2) is 4.57 Å². The first kappa shape index (κ1) is 12.4. The number of nitrogens with zero attached hydrogens (tertiary/aromatic N) is 1. The zero-order valence-corrected chi connectivity index (χ0v) is 12.3. The van der Waals surface area contributed by atoms with Gasteiger partial charge < -0.3 is 4.57 Å².